The Hall–Kier alpha value is -2.63. The fraction of sp³-hybridized carbons (Fsp3) is 0.423. The van der Waals surface area contributed by atoms with Crippen molar-refractivity contribution in [1.82, 2.24) is 10.1 Å². The molecule has 0 unspecified atom stereocenters. The second-order valence-corrected chi connectivity index (χ2v) is 8.86. The fourth-order valence-corrected chi connectivity index (χ4v) is 4.85. The van der Waals surface area contributed by atoms with Gasteiger partial charge < -0.3 is 19.3 Å². The summed E-state index contributed by atoms with van der Waals surface area (Å²) in [6.07, 6.45) is 4.86. The van der Waals surface area contributed by atoms with E-state index >= 15 is 0 Å². The summed E-state index contributed by atoms with van der Waals surface area (Å²) in [5, 5.41) is 14.2. The summed E-state index contributed by atoms with van der Waals surface area (Å²) in [5.41, 5.74) is 4.06. The zero-order valence-corrected chi connectivity index (χ0v) is 18.1. The molecule has 0 atom stereocenters. The molecule has 3 aromatic rings. The Bertz CT molecular complexity index is 1000. The third-order valence-electron chi connectivity index (χ3n) is 6.69. The molecular formula is C26H30N2O3. The highest BCUT2D eigenvalue weighted by Crippen LogP contribution is 2.53. The molecule has 2 aromatic carbocycles. The first-order valence-corrected chi connectivity index (χ1v) is 11.4. The van der Waals surface area contributed by atoms with E-state index in [2.05, 4.69) is 41.2 Å². The maximum atomic E-state index is 9.71. The van der Waals surface area contributed by atoms with Crippen LogP contribution in [0.4, 0.5) is 0 Å². The molecule has 31 heavy (non-hydrogen) atoms. The number of nitrogens with zero attached hydrogens (tertiary/aromatic N) is 2. The SMILES string of the molecule is CCOC1CCN(CC2(c3onc(-c4ccc(O)cc4)c3-c3ccccc3)CC2)CC1. The zero-order valence-electron chi connectivity index (χ0n) is 18.1. The predicted molar refractivity (Wildman–Crippen MR) is 121 cm³/mol. The Kier molecular flexibility index (Phi) is 5.55. The van der Waals surface area contributed by atoms with E-state index in [4.69, 9.17) is 9.26 Å². The van der Waals surface area contributed by atoms with Gasteiger partial charge in [0.1, 0.15) is 11.4 Å². The molecule has 5 rings (SSSR count). The second kappa shape index (κ2) is 8.48. The van der Waals surface area contributed by atoms with Crippen LogP contribution in [0.15, 0.2) is 59.1 Å². The minimum Gasteiger partial charge on any atom is -0.508 e. The molecule has 2 aliphatic rings. The first-order valence-electron chi connectivity index (χ1n) is 11.4. The van der Waals surface area contributed by atoms with Gasteiger partial charge in [0.05, 0.1) is 11.7 Å². The van der Waals surface area contributed by atoms with Crippen molar-refractivity contribution in [2.45, 2.75) is 44.1 Å². The second-order valence-electron chi connectivity index (χ2n) is 8.86. The molecule has 1 aliphatic carbocycles. The average Bonchev–Trinajstić information content (AvgIpc) is 3.43. The van der Waals surface area contributed by atoms with E-state index in [9.17, 15) is 5.11 Å². The summed E-state index contributed by atoms with van der Waals surface area (Å²) in [4.78, 5) is 2.57. The number of rotatable bonds is 7. The van der Waals surface area contributed by atoms with E-state index in [0.717, 1.165) is 80.1 Å². The standard InChI is InChI=1S/C26H30N2O3/c1-2-30-22-12-16-28(17-13-22)18-26(14-15-26)25-23(19-6-4-3-5-7-19)24(27-31-25)20-8-10-21(29)11-9-20/h3-11,22,29H,2,12-18H2,1H3. The van der Waals surface area contributed by atoms with Crippen LogP contribution in [0.25, 0.3) is 22.4 Å². The van der Waals surface area contributed by atoms with Gasteiger partial charge in [0, 0.05) is 37.2 Å². The number of piperidine rings is 1. The van der Waals surface area contributed by atoms with Crippen LogP contribution in [-0.4, -0.2) is 47.5 Å². The number of benzene rings is 2. The van der Waals surface area contributed by atoms with Crippen LogP contribution in [0.1, 0.15) is 38.4 Å². The van der Waals surface area contributed by atoms with Gasteiger partial charge in [-0.05, 0) is 62.4 Å². The monoisotopic (exact) mass is 418 g/mol. The lowest BCUT2D eigenvalue weighted by Crippen LogP contribution is -2.41. The first kappa shape index (κ1) is 20.3. The van der Waals surface area contributed by atoms with Crippen LogP contribution < -0.4 is 0 Å². The molecule has 5 nitrogen and oxygen atoms in total. The number of hydrogen-bond donors (Lipinski definition) is 1. The zero-order chi connectivity index (χ0) is 21.3. The van der Waals surface area contributed by atoms with Crippen molar-refractivity contribution < 1.29 is 14.4 Å². The maximum absolute atomic E-state index is 9.71. The van der Waals surface area contributed by atoms with Crippen LogP contribution in [0.5, 0.6) is 5.75 Å². The molecule has 1 saturated heterocycles. The Labute approximate surface area is 183 Å². The third kappa shape index (κ3) is 4.12. The Morgan fingerprint density at radius 2 is 1.74 bits per heavy atom. The summed E-state index contributed by atoms with van der Waals surface area (Å²) in [6.45, 7) is 6.04. The molecule has 2 fully saturated rings. The van der Waals surface area contributed by atoms with Gasteiger partial charge in [0.25, 0.3) is 0 Å². The van der Waals surface area contributed by atoms with Gasteiger partial charge in [-0.1, -0.05) is 35.5 Å². The number of phenolic OH excluding ortho intramolecular Hbond substituents is 1. The molecule has 162 valence electrons. The van der Waals surface area contributed by atoms with E-state index < -0.39 is 0 Å². The van der Waals surface area contributed by atoms with Gasteiger partial charge in [-0.2, -0.15) is 0 Å². The minimum atomic E-state index is 0.0335. The minimum absolute atomic E-state index is 0.0335. The van der Waals surface area contributed by atoms with E-state index in [1.807, 2.05) is 18.2 Å². The summed E-state index contributed by atoms with van der Waals surface area (Å²) in [5.74, 6) is 1.26. The summed E-state index contributed by atoms with van der Waals surface area (Å²) >= 11 is 0. The van der Waals surface area contributed by atoms with Gasteiger partial charge in [-0.15, -0.1) is 0 Å². The summed E-state index contributed by atoms with van der Waals surface area (Å²) in [7, 11) is 0. The fourth-order valence-electron chi connectivity index (χ4n) is 4.85. The van der Waals surface area contributed by atoms with Crippen molar-refractivity contribution >= 4 is 0 Å². The number of likely N-dealkylation sites (tertiary alicyclic amines) is 1. The number of ether oxygens (including phenoxy) is 1. The van der Waals surface area contributed by atoms with Crippen molar-refractivity contribution in [1.29, 1.82) is 0 Å². The van der Waals surface area contributed by atoms with Gasteiger partial charge in [0.2, 0.25) is 0 Å². The van der Waals surface area contributed by atoms with Crippen molar-refractivity contribution in [2.75, 3.05) is 26.2 Å². The van der Waals surface area contributed by atoms with Gasteiger partial charge >= 0.3 is 0 Å². The van der Waals surface area contributed by atoms with Crippen molar-refractivity contribution in [3.63, 3.8) is 0 Å². The van der Waals surface area contributed by atoms with Crippen molar-refractivity contribution in [2.24, 2.45) is 0 Å². The molecule has 5 heteroatoms. The molecule has 2 heterocycles. The molecule has 1 aliphatic heterocycles. The topological polar surface area (TPSA) is 58.7 Å². The van der Waals surface area contributed by atoms with Gasteiger partial charge in [0.15, 0.2) is 5.76 Å². The third-order valence-corrected chi connectivity index (χ3v) is 6.69. The van der Waals surface area contributed by atoms with Crippen molar-refractivity contribution in [3.8, 4) is 28.1 Å². The van der Waals surface area contributed by atoms with E-state index in [-0.39, 0.29) is 11.2 Å². The number of hydrogen-bond acceptors (Lipinski definition) is 5. The van der Waals surface area contributed by atoms with Crippen LogP contribution in [-0.2, 0) is 10.2 Å². The van der Waals surface area contributed by atoms with E-state index in [1.165, 1.54) is 0 Å². The number of aromatic hydroxyl groups is 1. The first-order chi connectivity index (χ1) is 15.2. The molecular weight excluding hydrogens is 388 g/mol. The molecule has 1 aromatic heterocycles. The molecule has 0 spiro atoms. The predicted octanol–water partition coefficient (Wildman–Crippen LogP) is 5.25. The quantitative estimate of drug-likeness (QED) is 0.568. The lowest BCUT2D eigenvalue weighted by molar-refractivity contribution is 0.0118. The van der Waals surface area contributed by atoms with E-state index in [0.29, 0.717) is 6.10 Å². The largest absolute Gasteiger partial charge is 0.508 e. The lowest BCUT2D eigenvalue weighted by atomic mass is 9.91. The number of aromatic nitrogens is 1. The average molecular weight is 419 g/mol. The summed E-state index contributed by atoms with van der Waals surface area (Å²) < 4.78 is 11.9. The van der Waals surface area contributed by atoms with Crippen LogP contribution in [0.2, 0.25) is 0 Å². The van der Waals surface area contributed by atoms with Crippen molar-refractivity contribution in [3.05, 3.63) is 60.4 Å². The van der Waals surface area contributed by atoms with Crippen LogP contribution in [0.3, 0.4) is 0 Å². The Morgan fingerprint density at radius 1 is 1.03 bits per heavy atom. The smallest absolute Gasteiger partial charge is 0.152 e. The summed E-state index contributed by atoms with van der Waals surface area (Å²) in [6, 6.07) is 17.6. The van der Waals surface area contributed by atoms with Crippen LogP contribution in [0, 0.1) is 0 Å². The number of phenols is 1. The molecule has 1 N–H and O–H groups in total. The molecule has 1 saturated carbocycles. The van der Waals surface area contributed by atoms with Crippen LogP contribution >= 0.6 is 0 Å². The normalized spacial score (nSPS) is 18.9. The van der Waals surface area contributed by atoms with Gasteiger partial charge in [-0.25, -0.2) is 0 Å². The Balaban J connectivity index is 1.46. The Morgan fingerprint density at radius 3 is 2.39 bits per heavy atom. The van der Waals surface area contributed by atoms with E-state index in [1.54, 1.807) is 12.1 Å². The molecule has 0 radical (unpaired) electrons. The maximum Gasteiger partial charge on any atom is 0.152 e. The molecule has 0 bridgehead atoms. The highest BCUT2D eigenvalue weighted by atomic mass is 16.5. The highest BCUT2D eigenvalue weighted by molar-refractivity contribution is 5.83. The van der Waals surface area contributed by atoms with Gasteiger partial charge in [-0.3, -0.25) is 0 Å². The molecule has 0 amide bonds. The highest BCUT2D eigenvalue weighted by Gasteiger charge is 2.51. The lowest BCUT2D eigenvalue weighted by Gasteiger charge is -2.33.